The zero-order chi connectivity index (χ0) is 22.9. The van der Waals surface area contributed by atoms with Crippen LogP contribution in [0.15, 0.2) is 65.0 Å². The van der Waals surface area contributed by atoms with Gasteiger partial charge < -0.3 is 9.30 Å². The second-order valence-electron chi connectivity index (χ2n) is 7.92. The Morgan fingerprint density at radius 2 is 1.97 bits per heavy atom. The number of amides is 1. The molecule has 2 aromatic carbocycles. The molecule has 0 spiro atoms. The van der Waals surface area contributed by atoms with Crippen molar-refractivity contribution in [1.82, 2.24) is 9.55 Å². The number of methoxy groups -OCH3 is 1. The summed E-state index contributed by atoms with van der Waals surface area (Å²) in [5.41, 5.74) is 5.61. The third-order valence-corrected chi connectivity index (χ3v) is 7.47. The number of carbonyl (C=O) groups excluding carboxylic acids is 1. The van der Waals surface area contributed by atoms with Crippen LogP contribution >= 0.6 is 22.7 Å². The van der Waals surface area contributed by atoms with Gasteiger partial charge in [0.1, 0.15) is 0 Å². The summed E-state index contributed by atoms with van der Waals surface area (Å²) in [4.78, 5) is 24.7. The van der Waals surface area contributed by atoms with Gasteiger partial charge in [0.05, 0.1) is 38.5 Å². The van der Waals surface area contributed by atoms with Crippen molar-refractivity contribution in [1.29, 1.82) is 0 Å². The molecule has 5 nitrogen and oxygen atoms in total. The van der Waals surface area contributed by atoms with Crippen LogP contribution in [0.5, 0.6) is 0 Å². The second-order valence-corrected chi connectivity index (χ2v) is 9.88. The van der Waals surface area contributed by atoms with Crippen LogP contribution in [0, 0.1) is 13.8 Å². The average Bonchev–Trinajstić information content (AvgIpc) is 3.45. The van der Waals surface area contributed by atoms with Crippen molar-refractivity contribution in [2.45, 2.75) is 20.4 Å². The lowest BCUT2D eigenvalue weighted by Crippen LogP contribution is -2.20. The summed E-state index contributed by atoms with van der Waals surface area (Å²) in [5, 5.41) is 2.82. The maximum absolute atomic E-state index is 13.6. The third-order valence-electron chi connectivity index (χ3n) is 5.55. The molecule has 0 atom stereocenters. The standard InChI is InChI=1S/C26H23N3O2S2/c1-16-13-17(2)24-23(14-16)33-26(29(24)10-11-31-3)28-25(30)19-15-21(22-9-6-12-32-22)27-20-8-5-4-7-18(19)20/h4-9,12-15H,10-11H2,1-3H3. The summed E-state index contributed by atoms with van der Waals surface area (Å²) < 4.78 is 8.55. The smallest absolute Gasteiger partial charge is 0.280 e. The molecule has 0 bridgehead atoms. The van der Waals surface area contributed by atoms with Gasteiger partial charge >= 0.3 is 0 Å². The first-order valence-electron chi connectivity index (χ1n) is 10.7. The van der Waals surface area contributed by atoms with Crippen molar-refractivity contribution in [3.05, 3.63) is 81.5 Å². The number of aromatic nitrogens is 2. The highest BCUT2D eigenvalue weighted by molar-refractivity contribution is 7.16. The van der Waals surface area contributed by atoms with Gasteiger partial charge in [-0.05, 0) is 54.6 Å². The quantitative estimate of drug-likeness (QED) is 0.315. The largest absolute Gasteiger partial charge is 0.383 e. The van der Waals surface area contributed by atoms with E-state index in [9.17, 15) is 4.79 Å². The number of nitrogens with zero attached hydrogens (tertiary/aromatic N) is 3. The maximum atomic E-state index is 13.6. The van der Waals surface area contributed by atoms with Crippen LogP contribution in [0.3, 0.4) is 0 Å². The van der Waals surface area contributed by atoms with Crippen molar-refractivity contribution in [3.63, 3.8) is 0 Å². The minimum absolute atomic E-state index is 0.265. The number of para-hydroxylation sites is 1. The van der Waals surface area contributed by atoms with Crippen LogP contribution < -0.4 is 4.80 Å². The van der Waals surface area contributed by atoms with Crippen LogP contribution in [0.2, 0.25) is 0 Å². The molecule has 0 aliphatic carbocycles. The molecule has 0 radical (unpaired) electrons. The van der Waals surface area contributed by atoms with E-state index in [4.69, 9.17) is 9.72 Å². The minimum Gasteiger partial charge on any atom is -0.383 e. The number of hydrogen-bond donors (Lipinski definition) is 0. The van der Waals surface area contributed by atoms with E-state index in [-0.39, 0.29) is 5.91 Å². The Labute approximate surface area is 199 Å². The van der Waals surface area contributed by atoms with Gasteiger partial charge in [-0.25, -0.2) is 4.98 Å². The minimum atomic E-state index is -0.265. The highest BCUT2D eigenvalue weighted by Crippen LogP contribution is 2.28. The van der Waals surface area contributed by atoms with Gasteiger partial charge in [0.2, 0.25) is 0 Å². The molecule has 0 aliphatic heterocycles. The van der Waals surface area contributed by atoms with Crippen LogP contribution in [0.25, 0.3) is 31.7 Å². The Bertz CT molecular complexity index is 1550. The van der Waals surface area contributed by atoms with Crippen molar-refractivity contribution in [2.24, 2.45) is 4.99 Å². The highest BCUT2D eigenvalue weighted by Gasteiger charge is 2.16. The number of pyridine rings is 1. The van der Waals surface area contributed by atoms with Crippen LogP contribution in [0.1, 0.15) is 21.5 Å². The normalized spacial score (nSPS) is 12.2. The van der Waals surface area contributed by atoms with E-state index in [1.807, 2.05) is 47.8 Å². The second kappa shape index (κ2) is 9.02. The third kappa shape index (κ3) is 4.15. The van der Waals surface area contributed by atoms with E-state index in [0.29, 0.717) is 23.5 Å². The fraction of sp³-hybridized carbons (Fsp3) is 0.192. The summed E-state index contributed by atoms with van der Waals surface area (Å²) in [7, 11) is 1.68. The summed E-state index contributed by atoms with van der Waals surface area (Å²) in [6, 6.07) is 17.9. The number of rotatable bonds is 5. The molecule has 0 saturated carbocycles. The van der Waals surface area contributed by atoms with Gasteiger partial charge in [-0.3, -0.25) is 4.79 Å². The molecule has 0 aliphatic rings. The molecule has 33 heavy (non-hydrogen) atoms. The average molecular weight is 474 g/mol. The fourth-order valence-electron chi connectivity index (χ4n) is 4.12. The molecule has 0 fully saturated rings. The predicted octanol–water partition coefficient (Wildman–Crippen LogP) is 5.98. The zero-order valence-corrected chi connectivity index (χ0v) is 20.3. The summed E-state index contributed by atoms with van der Waals surface area (Å²) in [5.74, 6) is -0.265. The predicted molar refractivity (Wildman–Crippen MR) is 136 cm³/mol. The zero-order valence-electron chi connectivity index (χ0n) is 18.7. The van der Waals surface area contributed by atoms with E-state index in [2.05, 4.69) is 35.5 Å². The summed E-state index contributed by atoms with van der Waals surface area (Å²) in [6.45, 7) is 5.36. The molecule has 3 aromatic heterocycles. The lowest BCUT2D eigenvalue weighted by atomic mass is 10.1. The number of aryl methyl sites for hydroxylation is 2. The molecule has 0 N–H and O–H groups in total. The molecule has 0 saturated heterocycles. The Hall–Kier alpha value is -3.13. The molecule has 5 rings (SSSR count). The molecule has 1 amide bonds. The highest BCUT2D eigenvalue weighted by atomic mass is 32.1. The number of thiophene rings is 1. The number of fused-ring (bicyclic) bond motifs is 2. The van der Waals surface area contributed by atoms with Gasteiger partial charge in [0, 0.05) is 19.0 Å². The van der Waals surface area contributed by atoms with E-state index < -0.39 is 0 Å². The molecule has 0 unspecified atom stereocenters. The van der Waals surface area contributed by atoms with Gasteiger partial charge in [-0.2, -0.15) is 4.99 Å². The Morgan fingerprint density at radius 1 is 1.12 bits per heavy atom. The van der Waals surface area contributed by atoms with Gasteiger partial charge in [0.25, 0.3) is 5.91 Å². The maximum Gasteiger partial charge on any atom is 0.280 e. The van der Waals surface area contributed by atoms with Gasteiger partial charge in [-0.1, -0.05) is 41.7 Å². The van der Waals surface area contributed by atoms with E-state index >= 15 is 0 Å². The molecule has 7 heteroatoms. The molecule has 166 valence electrons. The molecular weight excluding hydrogens is 450 g/mol. The van der Waals surface area contributed by atoms with Crippen LogP contribution in [-0.4, -0.2) is 29.2 Å². The molecular formula is C26H23N3O2S2. The topological polar surface area (TPSA) is 56.5 Å². The number of hydrogen-bond acceptors (Lipinski definition) is 5. The lowest BCUT2D eigenvalue weighted by Gasteiger charge is -2.08. The first-order valence-corrected chi connectivity index (χ1v) is 12.4. The van der Waals surface area contributed by atoms with Crippen molar-refractivity contribution < 1.29 is 9.53 Å². The fourth-order valence-corrected chi connectivity index (χ4v) is 6.03. The van der Waals surface area contributed by atoms with E-state index in [0.717, 1.165) is 31.7 Å². The van der Waals surface area contributed by atoms with Crippen LogP contribution in [0.4, 0.5) is 0 Å². The van der Waals surface area contributed by atoms with Gasteiger partial charge in [0.15, 0.2) is 4.80 Å². The van der Waals surface area contributed by atoms with E-state index in [1.165, 1.54) is 22.5 Å². The first kappa shape index (κ1) is 21.7. The Balaban J connectivity index is 1.71. The first-order chi connectivity index (χ1) is 16.0. The summed E-state index contributed by atoms with van der Waals surface area (Å²) in [6.07, 6.45) is 0. The van der Waals surface area contributed by atoms with Crippen molar-refractivity contribution in [2.75, 3.05) is 13.7 Å². The Kier molecular flexibility index (Phi) is 5.93. The number of carbonyl (C=O) groups is 1. The molecule has 5 aromatic rings. The number of ether oxygens (including phenoxy) is 1. The van der Waals surface area contributed by atoms with Gasteiger partial charge in [-0.15, -0.1) is 11.3 Å². The molecule has 3 heterocycles. The van der Waals surface area contributed by atoms with E-state index in [1.54, 1.807) is 18.4 Å². The number of thiazole rings is 1. The monoisotopic (exact) mass is 473 g/mol. The van der Waals surface area contributed by atoms with Crippen molar-refractivity contribution >= 4 is 49.7 Å². The Morgan fingerprint density at radius 3 is 2.76 bits per heavy atom. The summed E-state index contributed by atoms with van der Waals surface area (Å²) >= 11 is 3.15. The number of benzene rings is 2. The lowest BCUT2D eigenvalue weighted by molar-refractivity contribution is 0.0999. The van der Waals surface area contributed by atoms with Crippen LogP contribution in [-0.2, 0) is 11.3 Å². The SMILES string of the molecule is COCCn1c(=NC(=O)c2cc(-c3cccs3)nc3ccccc23)sc2cc(C)cc(C)c21. The van der Waals surface area contributed by atoms with Crippen molar-refractivity contribution in [3.8, 4) is 10.6 Å².